The van der Waals surface area contributed by atoms with E-state index in [0.717, 1.165) is 19.4 Å². The fourth-order valence-corrected chi connectivity index (χ4v) is 2.23. The molecule has 1 rings (SSSR count). The molecule has 0 bridgehead atoms. The van der Waals surface area contributed by atoms with Gasteiger partial charge in [0.25, 0.3) is 0 Å². The van der Waals surface area contributed by atoms with E-state index in [1.165, 1.54) is 0 Å². The highest BCUT2D eigenvalue weighted by Gasteiger charge is 2.41. The van der Waals surface area contributed by atoms with Crippen LogP contribution in [0.3, 0.4) is 0 Å². The molecule has 1 unspecified atom stereocenters. The standard InChI is InChI=1S/C12H22N2O3/c1-12(11(16)17)7-4-5-8-14(12)9-6-10(15)13(2)3/h4-9H2,1-3H3,(H,16,17). The Morgan fingerprint density at radius 2 is 2.00 bits per heavy atom. The second-order valence-corrected chi connectivity index (χ2v) is 5.06. The Labute approximate surface area is 102 Å². The first-order chi connectivity index (χ1) is 7.88. The van der Waals surface area contributed by atoms with Gasteiger partial charge in [0.1, 0.15) is 5.54 Å². The van der Waals surface area contributed by atoms with Crippen LogP contribution in [0.1, 0.15) is 32.6 Å². The van der Waals surface area contributed by atoms with Gasteiger partial charge in [0.2, 0.25) is 5.91 Å². The highest BCUT2D eigenvalue weighted by molar-refractivity contribution is 5.79. The summed E-state index contributed by atoms with van der Waals surface area (Å²) in [6.45, 7) is 3.05. The molecule has 1 N–H and O–H groups in total. The molecule has 1 fully saturated rings. The lowest BCUT2D eigenvalue weighted by atomic mass is 9.88. The van der Waals surface area contributed by atoms with Gasteiger partial charge in [-0.1, -0.05) is 0 Å². The van der Waals surface area contributed by atoms with Crippen molar-refractivity contribution in [2.75, 3.05) is 27.2 Å². The number of carboxylic acid groups (broad SMARTS) is 1. The molecular formula is C12H22N2O3. The van der Waals surface area contributed by atoms with Gasteiger partial charge in [0, 0.05) is 27.1 Å². The Bertz CT molecular complexity index is 304. The molecule has 1 saturated heterocycles. The molecule has 1 heterocycles. The van der Waals surface area contributed by atoms with Crippen molar-refractivity contribution >= 4 is 11.9 Å². The Balaban J connectivity index is 2.61. The molecule has 0 aromatic heterocycles. The molecular weight excluding hydrogens is 220 g/mol. The second-order valence-electron chi connectivity index (χ2n) is 5.06. The summed E-state index contributed by atoms with van der Waals surface area (Å²) in [6, 6.07) is 0. The topological polar surface area (TPSA) is 60.9 Å². The van der Waals surface area contributed by atoms with Crippen molar-refractivity contribution in [2.45, 2.75) is 38.1 Å². The van der Waals surface area contributed by atoms with E-state index in [2.05, 4.69) is 0 Å². The Hall–Kier alpha value is -1.10. The van der Waals surface area contributed by atoms with Crippen molar-refractivity contribution in [3.8, 4) is 0 Å². The van der Waals surface area contributed by atoms with Crippen LogP contribution < -0.4 is 0 Å². The number of carbonyl (C=O) groups is 2. The fourth-order valence-electron chi connectivity index (χ4n) is 2.23. The van der Waals surface area contributed by atoms with E-state index in [1.807, 2.05) is 4.90 Å². The maximum atomic E-state index is 11.5. The summed E-state index contributed by atoms with van der Waals surface area (Å²) < 4.78 is 0. The minimum atomic E-state index is -0.801. The van der Waals surface area contributed by atoms with Crippen molar-refractivity contribution in [1.82, 2.24) is 9.80 Å². The predicted octanol–water partition coefficient (Wildman–Crippen LogP) is 0.794. The molecule has 17 heavy (non-hydrogen) atoms. The number of aliphatic carboxylic acids is 1. The van der Waals surface area contributed by atoms with Crippen molar-refractivity contribution in [3.63, 3.8) is 0 Å². The van der Waals surface area contributed by atoms with Crippen LogP contribution in [0.15, 0.2) is 0 Å². The van der Waals surface area contributed by atoms with Gasteiger partial charge in [0.05, 0.1) is 0 Å². The second kappa shape index (κ2) is 5.49. The zero-order chi connectivity index (χ0) is 13.1. The zero-order valence-corrected chi connectivity index (χ0v) is 10.9. The first-order valence-electron chi connectivity index (χ1n) is 6.06. The third-order valence-corrected chi connectivity index (χ3v) is 3.59. The molecule has 1 aliphatic heterocycles. The number of carbonyl (C=O) groups excluding carboxylic acids is 1. The van der Waals surface area contributed by atoms with Crippen LogP contribution in [-0.4, -0.2) is 59.5 Å². The van der Waals surface area contributed by atoms with Crippen LogP contribution in [0.2, 0.25) is 0 Å². The lowest BCUT2D eigenvalue weighted by molar-refractivity contribution is -0.153. The molecule has 0 aliphatic carbocycles. The summed E-state index contributed by atoms with van der Waals surface area (Å²) in [7, 11) is 3.43. The smallest absolute Gasteiger partial charge is 0.323 e. The highest BCUT2D eigenvalue weighted by atomic mass is 16.4. The molecule has 1 atom stereocenters. The van der Waals surface area contributed by atoms with Crippen molar-refractivity contribution < 1.29 is 14.7 Å². The first-order valence-corrected chi connectivity index (χ1v) is 6.06. The van der Waals surface area contributed by atoms with E-state index in [4.69, 9.17) is 0 Å². The normalized spacial score (nSPS) is 25.6. The zero-order valence-electron chi connectivity index (χ0n) is 10.9. The Morgan fingerprint density at radius 1 is 1.35 bits per heavy atom. The van der Waals surface area contributed by atoms with Crippen molar-refractivity contribution in [3.05, 3.63) is 0 Å². The van der Waals surface area contributed by atoms with Crippen LogP contribution in [0.4, 0.5) is 0 Å². The largest absolute Gasteiger partial charge is 0.480 e. The quantitative estimate of drug-likeness (QED) is 0.792. The van der Waals surface area contributed by atoms with E-state index in [-0.39, 0.29) is 5.91 Å². The minimum Gasteiger partial charge on any atom is -0.480 e. The van der Waals surface area contributed by atoms with E-state index < -0.39 is 11.5 Å². The molecule has 0 aromatic rings. The van der Waals surface area contributed by atoms with Crippen LogP contribution >= 0.6 is 0 Å². The number of amides is 1. The van der Waals surface area contributed by atoms with Crippen LogP contribution in [0, 0.1) is 0 Å². The first kappa shape index (κ1) is 14.0. The molecule has 0 saturated carbocycles. The van der Waals surface area contributed by atoms with Gasteiger partial charge in [-0.05, 0) is 32.7 Å². The van der Waals surface area contributed by atoms with Gasteiger partial charge in [0.15, 0.2) is 0 Å². The molecule has 1 amide bonds. The molecule has 5 nitrogen and oxygen atoms in total. The monoisotopic (exact) mass is 242 g/mol. The van der Waals surface area contributed by atoms with Gasteiger partial charge < -0.3 is 10.0 Å². The van der Waals surface area contributed by atoms with E-state index >= 15 is 0 Å². The third kappa shape index (κ3) is 3.19. The number of hydrogen-bond donors (Lipinski definition) is 1. The third-order valence-electron chi connectivity index (χ3n) is 3.59. The Morgan fingerprint density at radius 3 is 2.53 bits per heavy atom. The van der Waals surface area contributed by atoms with E-state index in [0.29, 0.717) is 19.4 Å². The molecule has 98 valence electrons. The number of rotatable bonds is 4. The Kier molecular flexibility index (Phi) is 4.51. The average molecular weight is 242 g/mol. The van der Waals surface area contributed by atoms with E-state index in [9.17, 15) is 14.7 Å². The summed E-state index contributed by atoms with van der Waals surface area (Å²) in [5.41, 5.74) is -0.801. The molecule has 0 radical (unpaired) electrons. The van der Waals surface area contributed by atoms with Crippen LogP contribution in [-0.2, 0) is 9.59 Å². The predicted molar refractivity (Wildman–Crippen MR) is 64.8 cm³/mol. The number of hydrogen-bond acceptors (Lipinski definition) is 3. The molecule has 0 aromatic carbocycles. The van der Waals surface area contributed by atoms with Gasteiger partial charge in [-0.25, -0.2) is 0 Å². The van der Waals surface area contributed by atoms with E-state index in [1.54, 1.807) is 25.9 Å². The lowest BCUT2D eigenvalue weighted by Crippen LogP contribution is -2.55. The molecule has 0 spiro atoms. The van der Waals surface area contributed by atoms with Crippen LogP contribution in [0.25, 0.3) is 0 Å². The van der Waals surface area contributed by atoms with Gasteiger partial charge in [-0.3, -0.25) is 14.5 Å². The van der Waals surface area contributed by atoms with Gasteiger partial charge in [-0.15, -0.1) is 0 Å². The van der Waals surface area contributed by atoms with Crippen LogP contribution in [0.5, 0.6) is 0 Å². The summed E-state index contributed by atoms with van der Waals surface area (Å²) in [5.74, 6) is -0.738. The van der Waals surface area contributed by atoms with Gasteiger partial charge in [-0.2, -0.15) is 0 Å². The number of nitrogens with zero attached hydrogens (tertiary/aromatic N) is 2. The molecule has 5 heteroatoms. The van der Waals surface area contributed by atoms with Gasteiger partial charge >= 0.3 is 5.97 Å². The van der Waals surface area contributed by atoms with Crippen molar-refractivity contribution in [1.29, 1.82) is 0 Å². The maximum absolute atomic E-state index is 11.5. The number of carboxylic acids is 1. The summed E-state index contributed by atoms with van der Waals surface area (Å²) in [6.07, 6.45) is 3.01. The minimum absolute atomic E-state index is 0.0447. The summed E-state index contributed by atoms with van der Waals surface area (Å²) in [4.78, 5) is 26.3. The number of piperidine rings is 1. The summed E-state index contributed by atoms with van der Waals surface area (Å²) in [5, 5.41) is 9.31. The van der Waals surface area contributed by atoms with Crippen molar-refractivity contribution in [2.24, 2.45) is 0 Å². The fraction of sp³-hybridized carbons (Fsp3) is 0.833. The summed E-state index contributed by atoms with van der Waals surface area (Å²) >= 11 is 0. The highest BCUT2D eigenvalue weighted by Crippen LogP contribution is 2.28. The number of likely N-dealkylation sites (tertiary alicyclic amines) is 1. The lowest BCUT2D eigenvalue weighted by Gasteiger charge is -2.41. The SMILES string of the molecule is CN(C)C(=O)CCN1CCCCC1(C)C(=O)O. The average Bonchev–Trinajstić information content (AvgIpc) is 2.27. The maximum Gasteiger partial charge on any atom is 0.323 e. The molecule has 1 aliphatic rings.